The van der Waals surface area contributed by atoms with E-state index in [0.717, 1.165) is 12.8 Å². The number of nitrogens with zero attached hydrogens (tertiary/aromatic N) is 2. The van der Waals surface area contributed by atoms with Crippen molar-refractivity contribution in [3.8, 4) is 17.6 Å². The van der Waals surface area contributed by atoms with Gasteiger partial charge in [0, 0.05) is 11.6 Å². The normalized spacial score (nSPS) is 17.4. The largest absolute Gasteiger partial charge is 0.504 e. The van der Waals surface area contributed by atoms with Gasteiger partial charge in [0.1, 0.15) is 6.04 Å². The van der Waals surface area contributed by atoms with Crippen molar-refractivity contribution < 1.29 is 9.84 Å². The second-order valence-corrected chi connectivity index (χ2v) is 5.62. The second kappa shape index (κ2) is 7.33. The van der Waals surface area contributed by atoms with Crippen LogP contribution in [0.15, 0.2) is 18.2 Å². The summed E-state index contributed by atoms with van der Waals surface area (Å²) in [6.07, 6.45) is 5.98. The molecule has 114 valence electrons. The molecule has 1 fully saturated rings. The highest BCUT2D eigenvalue weighted by Gasteiger charge is 2.28. The van der Waals surface area contributed by atoms with E-state index in [4.69, 9.17) is 4.74 Å². The quantitative estimate of drug-likeness (QED) is 0.899. The summed E-state index contributed by atoms with van der Waals surface area (Å²) in [7, 11) is 1.98. The molecule has 0 aliphatic heterocycles. The van der Waals surface area contributed by atoms with Crippen molar-refractivity contribution in [1.82, 2.24) is 4.90 Å². The summed E-state index contributed by atoms with van der Waals surface area (Å²) in [5.74, 6) is 0.542. The van der Waals surface area contributed by atoms with Crippen molar-refractivity contribution in [3.63, 3.8) is 0 Å². The molecule has 0 amide bonds. The smallest absolute Gasteiger partial charge is 0.163 e. The number of phenols is 1. The second-order valence-electron chi connectivity index (χ2n) is 5.62. The fourth-order valence-electron chi connectivity index (χ4n) is 3.11. The molecule has 1 saturated carbocycles. The molecule has 1 aromatic carbocycles. The van der Waals surface area contributed by atoms with Crippen LogP contribution >= 0.6 is 0 Å². The van der Waals surface area contributed by atoms with Crippen molar-refractivity contribution in [2.24, 2.45) is 0 Å². The Morgan fingerprint density at radius 2 is 2.10 bits per heavy atom. The van der Waals surface area contributed by atoms with Gasteiger partial charge in [0.2, 0.25) is 0 Å². The van der Waals surface area contributed by atoms with Gasteiger partial charge in [0.25, 0.3) is 0 Å². The van der Waals surface area contributed by atoms with Crippen LogP contribution in [0.1, 0.15) is 50.6 Å². The third-order valence-corrected chi connectivity index (χ3v) is 4.30. The summed E-state index contributed by atoms with van der Waals surface area (Å²) >= 11 is 0. The molecule has 0 radical (unpaired) electrons. The lowest BCUT2D eigenvalue weighted by Gasteiger charge is -2.34. The molecule has 0 aromatic heterocycles. The number of benzene rings is 1. The Morgan fingerprint density at radius 1 is 1.38 bits per heavy atom. The van der Waals surface area contributed by atoms with Crippen molar-refractivity contribution in [2.45, 2.75) is 51.1 Å². The molecule has 0 spiro atoms. The summed E-state index contributed by atoms with van der Waals surface area (Å²) in [4.78, 5) is 2.10. The number of para-hydroxylation sites is 1. The van der Waals surface area contributed by atoms with Crippen LogP contribution in [-0.4, -0.2) is 29.7 Å². The lowest BCUT2D eigenvalue weighted by atomic mass is 9.92. The van der Waals surface area contributed by atoms with Crippen LogP contribution < -0.4 is 4.74 Å². The average molecular weight is 288 g/mol. The van der Waals surface area contributed by atoms with Crippen molar-refractivity contribution in [2.75, 3.05) is 13.7 Å². The topological polar surface area (TPSA) is 56.5 Å². The van der Waals surface area contributed by atoms with Gasteiger partial charge >= 0.3 is 0 Å². The first-order valence-electron chi connectivity index (χ1n) is 7.75. The molecule has 4 nitrogen and oxygen atoms in total. The molecule has 1 N–H and O–H groups in total. The Kier molecular flexibility index (Phi) is 5.46. The number of hydrogen-bond acceptors (Lipinski definition) is 4. The minimum atomic E-state index is -0.437. The average Bonchev–Trinajstić information content (AvgIpc) is 2.52. The molecule has 4 heteroatoms. The third-order valence-electron chi connectivity index (χ3n) is 4.30. The fourth-order valence-corrected chi connectivity index (χ4v) is 3.11. The zero-order valence-corrected chi connectivity index (χ0v) is 12.9. The maximum Gasteiger partial charge on any atom is 0.163 e. The predicted octanol–water partition coefficient (Wildman–Crippen LogP) is 3.62. The number of nitriles is 1. The van der Waals surface area contributed by atoms with Crippen molar-refractivity contribution >= 4 is 0 Å². The molecule has 1 atom stereocenters. The maximum absolute atomic E-state index is 10.4. The van der Waals surface area contributed by atoms with E-state index >= 15 is 0 Å². The van der Waals surface area contributed by atoms with Gasteiger partial charge in [-0.15, -0.1) is 0 Å². The summed E-state index contributed by atoms with van der Waals surface area (Å²) in [5, 5.41) is 19.9. The first kappa shape index (κ1) is 15.7. The van der Waals surface area contributed by atoms with Crippen LogP contribution in [0.5, 0.6) is 11.5 Å². The highest BCUT2D eigenvalue weighted by atomic mass is 16.5. The lowest BCUT2D eigenvalue weighted by molar-refractivity contribution is 0.162. The van der Waals surface area contributed by atoms with E-state index in [0.29, 0.717) is 24.0 Å². The molecule has 0 saturated heterocycles. The van der Waals surface area contributed by atoms with E-state index in [-0.39, 0.29) is 5.75 Å². The van der Waals surface area contributed by atoms with Crippen LogP contribution in [0.3, 0.4) is 0 Å². The Hall–Kier alpha value is -1.73. The fraction of sp³-hybridized carbons (Fsp3) is 0.588. The van der Waals surface area contributed by atoms with Gasteiger partial charge in [-0.3, -0.25) is 4.90 Å². The summed E-state index contributed by atoms with van der Waals surface area (Å²) in [6.45, 7) is 2.37. The Bertz CT molecular complexity index is 504. The molecule has 1 aromatic rings. The van der Waals surface area contributed by atoms with Gasteiger partial charge in [-0.05, 0) is 32.9 Å². The van der Waals surface area contributed by atoms with Crippen molar-refractivity contribution in [1.29, 1.82) is 5.26 Å². The van der Waals surface area contributed by atoms with Crippen LogP contribution in [0.25, 0.3) is 0 Å². The molecule has 1 unspecified atom stereocenters. The van der Waals surface area contributed by atoms with E-state index in [2.05, 4.69) is 11.0 Å². The standard InChI is InChI=1S/C17H24N2O2/c1-3-21-16-11-7-10-14(17(16)20)15(12-18)19(2)13-8-5-4-6-9-13/h7,10-11,13,15,20H,3-6,8-9H2,1-2H3. The molecule has 1 aliphatic rings. The van der Waals surface area contributed by atoms with Crippen molar-refractivity contribution in [3.05, 3.63) is 23.8 Å². The Balaban J connectivity index is 2.24. The monoisotopic (exact) mass is 288 g/mol. The first-order chi connectivity index (χ1) is 10.2. The van der Waals surface area contributed by atoms with E-state index in [1.165, 1.54) is 19.3 Å². The van der Waals surface area contributed by atoms with Gasteiger partial charge in [-0.1, -0.05) is 31.4 Å². The maximum atomic E-state index is 10.4. The molecular weight excluding hydrogens is 264 g/mol. The lowest BCUT2D eigenvalue weighted by Crippen LogP contribution is -2.36. The highest BCUT2D eigenvalue weighted by Crippen LogP contribution is 2.37. The van der Waals surface area contributed by atoms with E-state index in [1.54, 1.807) is 6.07 Å². The van der Waals surface area contributed by atoms with Gasteiger partial charge in [-0.2, -0.15) is 5.26 Å². The number of phenolic OH excluding ortho intramolecular Hbond substituents is 1. The molecule has 2 rings (SSSR count). The number of aromatic hydroxyl groups is 1. The summed E-state index contributed by atoms with van der Waals surface area (Å²) in [5.41, 5.74) is 0.636. The minimum absolute atomic E-state index is 0.0913. The van der Waals surface area contributed by atoms with Crippen LogP contribution in [0.2, 0.25) is 0 Å². The molecule has 0 heterocycles. The van der Waals surface area contributed by atoms with E-state index in [1.807, 2.05) is 26.1 Å². The summed E-state index contributed by atoms with van der Waals surface area (Å²) < 4.78 is 5.42. The van der Waals surface area contributed by atoms with Crippen LogP contribution in [0.4, 0.5) is 0 Å². The molecular formula is C17H24N2O2. The van der Waals surface area contributed by atoms with Gasteiger partial charge < -0.3 is 9.84 Å². The number of rotatable bonds is 5. The summed E-state index contributed by atoms with van der Waals surface area (Å²) in [6, 6.07) is 7.69. The zero-order chi connectivity index (χ0) is 15.2. The molecule has 0 bridgehead atoms. The van der Waals surface area contributed by atoms with Crippen LogP contribution in [-0.2, 0) is 0 Å². The molecule has 1 aliphatic carbocycles. The van der Waals surface area contributed by atoms with Gasteiger partial charge in [0.05, 0.1) is 12.7 Å². The first-order valence-corrected chi connectivity index (χ1v) is 7.75. The van der Waals surface area contributed by atoms with E-state index < -0.39 is 6.04 Å². The molecule has 21 heavy (non-hydrogen) atoms. The predicted molar refractivity (Wildman–Crippen MR) is 82.3 cm³/mol. The van der Waals surface area contributed by atoms with Crippen LogP contribution in [0, 0.1) is 11.3 Å². The minimum Gasteiger partial charge on any atom is -0.504 e. The Labute approximate surface area is 127 Å². The zero-order valence-electron chi connectivity index (χ0n) is 12.9. The van der Waals surface area contributed by atoms with Gasteiger partial charge in [-0.25, -0.2) is 0 Å². The SMILES string of the molecule is CCOc1cccc(C(C#N)N(C)C2CCCCC2)c1O. The van der Waals surface area contributed by atoms with Gasteiger partial charge in [0.15, 0.2) is 11.5 Å². The number of hydrogen-bond donors (Lipinski definition) is 1. The highest BCUT2D eigenvalue weighted by molar-refractivity contribution is 5.48. The van der Waals surface area contributed by atoms with E-state index in [9.17, 15) is 10.4 Å². The number of ether oxygens (including phenoxy) is 1. The Morgan fingerprint density at radius 3 is 2.71 bits per heavy atom. The third kappa shape index (κ3) is 3.48.